The Labute approximate surface area is 63.2 Å². The summed E-state index contributed by atoms with van der Waals surface area (Å²) in [6, 6.07) is 0. The lowest BCUT2D eigenvalue weighted by molar-refractivity contribution is 0.488. The minimum atomic E-state index is -2.26. The average Bonchev–Trinajstić information content (AvgIpc) is 1.88. The van der Waals surface area contributed by atoms with Gasteiger partial charge in [0, 0.05) is 0 Å². The molecule has 0 radical (unpaired) electrons. The number of nitrogens with two attached hydrogens (primary N) is 3. The van der Waals surface area contributed by atoms with Crippen LogP contribution in [0.15, 0.2) is 0 Å². The molecule has 1 rings (SSSR count). The van der Waals surface area contributed by atoms with E-state index in [2.05, 4.69) is 0 Å². The highest BCUT2D eigenvalue weighted by Crippen LogP contribution is 2.30. The van der Waals surface area contributed by atoms with E-state index >= 15 is 0 Å². The van der Waals surface area contributed by atoms with Gasteiger partial charge in [-0.1, -0.05) is 19.3 Å². The van der Waals surface area contributed by atoms with E-state index in [1.165, 1.54) is 19.3 Å². The number of rotatable bonds is 1. The standard InChI is InChI=1S/C6H17N3Si/c7-10(8,9)6-4-2-1-3-5-6/h6H,1-5,7-9H2. The maximum atomic E-state index is 5.70. The number of hydrogen-bond acceptors (Lipinski definition) is 3. The molecule has 0 spiro atoms. The predicted molar refractivity (Wildman–Crippen MR) is 45.2 cm³/mol. The molecule has 10 heavy (non-hydrogen) atoms. The van der Waals surface area contributed by atoms with Crippen molar-refractivity contribution in [1.29, 1.82) is 0 Å². The summed E-state index contributed by atoms with van der Waals surface area (Å²) in [5.74, 6) is 0. The van der Waals surface area contributed by atoms with Crippen LogP contribution in [0, 0.1) is 0 Å². The third kappa shape index (κ3) is 2.05. The second-order valence-electron chi connectivity index (χ2n) is 3.33. The molecule has 1 aliphatic rings. The molecular weight excluding hydrogens is 142 g/mol. The van der Waals surface area contributed by atoms with Crippen LogP contribution in [0.25, 0.3) is 0 Å². The molecule has 0 amide bonds. The summed E-state index contributed by atoms with van der Waals surface area (Å²) in [6.07, 6.45) is 6.20. The Morgan fingerprint density at radius 1 is 0.900 bits per heavy atom. The van der Waals surface area contributed by atoms with E-state index in [1.807, 2.05) is 0 Å². The van der Waals surface area contributed by atoms with Crippen LogP contribution < -0.4 is 16.2 Å². The van der Waals surface area contributed by atoms with E-state index in [0.29, 0.717) is 5.54 Å². The Morgan fingerprint density at radius 2 is 1.40 bits per heavy atom. The Hall–Kier alpha value is 0.0969. The normalized spacial score (nSPS) is 23.1. The zero-order valence-corrected chi connectivity index (χ0v) is 7.34. The Balaban J connectivity index is 2.39. The molecule has 0 aromatic heterocycles. The van der Waals surface area contributed by atoms with Gasteiger partial charge in [-0.25, -0.2) is 0 Å². The first kappa shape index (κ1) is 8.20. The van der Waals surface area contributed by atoms with Crippen molar-refractivity contribution in [1.82, 2.24) is 0 Å². The third-order valence-corrected chi connectivity index (χ3v) is 4.30. The number of hydrogen-bond donors (Lipinski definition) is 3. The van der Waals surface area contributed by atoms with Gasteiger partial charge in [-0.15, -0.1) is 0 Å². The van der Waals surface area contributed by atoms with Crippen LogP contribution in [0.1, 0.15) is 32.1 Å². The van der Waals surface area contributed by atoms with Crippen molar-refractivity contribution < 1.29 is 0 Å². The van der Waals surface area contributed by atoms with Crippen molar-refractivity contribution in [3.63, 3.8) is 0 Å². The predicted octanol–water partition coefficient (Wildman–Crippen LogP) is 0.136. The largest absolute Gasteiger partial charge is 0.327 e. The minimum absolute atomic E-state index is 0.473. The second-order valence-corrected chi connectivity index (χ2v) is 6.15. The highest BCUT2D eigenvalue weighted by Gasteiger charge is 2.31. The zero-order chi connectivity index (χ0) is 7.61. The topological polar surface area (TPSA) is 78.1 Å². The van der Waals surface area contributed by atoms with Crippen LogP contribution in [-0.4, -0.2) is 8.56 Å². The maximum Gasteiger partial charge on any atom is 0.276 e. The lowest BCUT2D eigenvalue weighted by Crippen LogP contribution is -2.68. The molecule has 3 nitrogen and oxygen atoms in total. The van der Waals surface area contributed by atoms with Gasteiger partial charge in [0.25, 0.3) is 8.56 Å². The molecule has 0 saturated heterocycles. The molecule has 1 aliphatic carbocycles. The summed E-state index contributed by atoms with van der Waals surface area (Å²) in [5, 5.41) is 17.1. The summed E-state index contributed by atoms with van der Waals surface area (Å²) in [6.45, 7) is 0. The van der Waals surface area contributed by atoms with Gasteiger partial charge in [-0.2, -0.15) is 0 Å². The monoisotopic (exact) mass is 159 g/mol. The molecule has 0 heterocycles. The van der Waals surface area contributed by atoms with E-state index < -0.39 is 8.56 Å². The summed E-state index contributed by atoms with van der Waals surface area (Å²) in [5.41, 5.74) is 0.473. The van der Waals surface area contributed by atoms with Crippen molar-refractivity contribution in [3.05, 3.63) is 0 Å². The molecule has 0 bridgehead atoms. The van der Waals surface area contributed by atoms with Gasteiger partial charge in [0.1, 0.15) is 0 Å². The third-order valence-electron chi connectivity index (χ3n) is 2.31. The van der Waals surface area contributed by atoms with Gasteiger partial charge in [0.2, 0.25) is 0 Å². The molecular formula is C6H17N3Si. The van der Waals surface area contributed by atoms with Crippen molar-refractivity contribution >= 4 is 8.56 Å². The SMILES string of the molecule is N[Si](N)(N)C1CCCCC1. The van der Waals surface area contributed by atoms with E-state index in [9.17, 15) is 0 Å². The molecule has 0 unspecified atom stereocenters. The van der Waals surface area contributed by atoms with Gasteiger partial charge in [0.15, 0.2) is 0 Å². The Morgan fingerprint density at radius 3 is 1.70 bits per heavy atom. The van der Waals surface area contributed by atoms with E-state index in [-0.39, 0.29) is 0 Å². The zero-order valence-electron chi connectivity index (χ0n) is 6.34. The summed E-state index contributed by atoms with van der Waals surface area (Å²) >= 11 is 0. The van der Waals surface area contributed by atoms with Crippen molar-refractivity contribution in [2.45, 2.75) is 37.6 Å². The van der Waals surface area contributed by atoms with E-state index in [0.717, 1.165) is 12.8 Å². The van der Waals surface area contributed by atoms with Crippen LogP contribution in [-0.2, 0) is 0 Å². The summed E-state index contributed by atoms with van der Waals surface area (Å²) < 4.78 is 0. The minimum Gasteiger partial charge on any atom is -0.327 e. The Kier molecular flexibility index (Phi) is 2.46. The highest BCUT2D eigenvalue weighted by molar-refractivity contribution is 6.71. The maximum absolute atomic E-state index is 5.70. The highest BCUT2D eigenvalue weighted by atomic mass is 28.4. The molecule has 1 fully saturated rings. The fourth-order valence-electron chi connectivity index (χ4n) is 1.60. The van der Waals surface area contributed by atoms with Crippen LogP contribution in [0.4, 0.5) is 0 Å². The van der Waals surface area contributed by atoms with Crippen molar-refractivity contribution in [2.24, 2.45) is 16.2 Å². The molecule has 0 atom stereocenters. The fraction of sp³-hybridized carbons (Fsp3) is 1.00. The molecule has 0 aliphatic heterocycles. The molecule has 4 heteroatoms. The lowest BCUT2D eigenvalue weighted by atomic mass is 10.0. The van der Waals surface area contributed by atoms with Crippen LogP contribution in [0.3, 0.4) is 0 Å². The summed E-state index contributed by atoms with van der Waals surface area (Å²) in [7, 11) is -2.26. The van der Waals surface area contributed by atoms with Crippen LogP contribution in [0.2, 0.25) is 5.54 Å². The second kappa shape index (κ2) is 3.00. The molecule has 1 saturated carbocycles. The van der Waals surface area contributed by atoms with Gasteiger partial charge in [0.05, 0.1) is 0 Å². The van der Waals surface area contributed by atoms with Crippen molar-refractivity contribution in [2.75, 3.05) is 0 Å². The quantitative estimate of drug-likeness (QED) is 0.476. The van der Waals surface area contributed by atoms with Gasteiger partial charge >= 0.3 is 0 Å². The van der Waals surface area contributed by atoms with E-state index in [4.69, 9.17) is 16.2 Å². The fourth-order valence-corrected chi connectivity index (χ4v) is 3.01. The molecule has 60 valence electrons. The first-order valence-electron chi connectivity index (χ1n) is 3.97. The van der Waals surface area contributed by atoms with Crippen LogP contribution >= 0.6 is 0 Å². The first-order valence-corrected chi connectivity index (χ1v) is 6.28. The smallest absolute Gasteiger partial charge is 0.276 e. The van der Waals surface area contributed by atoms with E-state index in [1.54, 1.807) is 0 Å². The van der Waals surface area contributed by atoms with Gasteiger partial charge in [-0.05, 0) is 18.4 Å². The average molecular weight is 159 g/mol. The first-order chi connectivity index (χ1) is 4.61. The molecule has 0 aromatic carbocycles. The van der Waals surface area contributed by atoms with Crippen LogP contribution in [0.5, 0.6) is 0 Å². The van der Waals surface area contributed by atoms with Gasteiger partial charge in [-0.3, -0.25) is 0 Å². The lowest BCUT2D eigenvalue weighted by Gasteiger charge is -2.29. The van der Waals surface area contributed by atoms with Gasteiger partial charge < -0.3 is 16.2 Å². The Bertz CT molecular complexity index is 104. The van der Waals surface area contributed by atoms with Crippen molar-refractivity contribution in [3.8, 4) is 0 Å². The molecule has 6 N–H and O–H groups in total. The summed E-state index contributed by atoms with van der Waals surface area (Å²) in [4.78, 5) is 0. The molecule has 0 aromatic rings.